The molecule has 0 radical (unpaired) electrons. The SMILES string of the molecule is O=C(Cc1ccc(S(=O)(=O)N2CCCCC2)cc1)N1CCc2[nH]ncc2C1. The number of H-pyrrole nitrogens is 1. The van der Waals surface area contributed by atoms with Crippen molar-refractivity contribution in [2.45, 2.75) is 43.5 Å². The zero-order chi connectivity index (χ0) is 18.9. The van der Waals surface area contributed by atoms with Crippen LogP contribution in [0.1, 0.15) is 36.1 Å². The standard InChI is InChI=1S/C19H24N4O3S/c24-19(22-11-8-18-16(14-22)13-20-21-18)12-15-4-6-17(7-5-15)27(25,26)23-9-2-1-3-10-23/h4-7,13H,1-3,8-12,14H2,(H,20,21). The largest absolute Gasteiger partial charge is 0.338 e. The van der Waals surface area contributed by atoms with Gasteiger partial charge >= 0.3 is 0 Å². The zero-order valence-corrected chi connectivity index (χ0v) is 16.0. The van der Waals surface area contributed by atoms with Crippen LogP contribution in [0.2, 0.25) is 0 Å². The van der Waals surface area contributed by atoms with E-state index in [1.54, 1.807) is 34.8 Å². The van der Waals surface area contributed by atoms with Crippen LogP contribution in [-0.2, 0) is 34.2 Å². The summed E-state index contributed by atoms with van der Waals surface area (Å²) < 4.78 is 27.0. The highest BCUT2D eigenvalue weighted by molar-refractivity contribution is 7.89. The van der Waals surface area contributed by atoms with E-state index in [-0.39, 0.29) is 12.3 Å². The number of piperidine rings is 1. The number of amides is 1. The van der Waals surface area contributed by atoms with Crippen molar-refractivity contribution < 1.29 is 13.2 Å². The second-order valence-electron chi connectivity index (χ2n) is 7.22. The Labute approximate surface area is 159 Å². The van der Waals surface area contributed by atoms with E-state index in [0.717, 1.165) is 42.5 Å². The van der Waals surface area contributed by atoms with Gasteiger partial charge in [-0.15, -0.1) is 0 Å². The van der Waals surface area contributed by atoms with Crippen molar-refractivity contribution in [3.8, 4) is 0 Å². The third-order valence-corrected chi connectivity index (χ3v) is 7.30. The van der Waals surface area contributed by atoms with Gasteiger partial charge in [0.25, 0.3) is 0 Å². The van der Waals surface area contributed by atoms with Gasteiger partial charge in [0.1, 0.15) is 0 Å². The molecule has 2 aliphatic rings. The first-order valence-corrected chi connectivity index (χ1v) is 10.9. The van der Waals surface area contributed by atoms with Gasteiger partial charge in [0.2, 0.25) is 15.9 Å². The molecule has 2 aromatic rings. The van der Waals surface area contributed by atoms with E-state index in [1.165, 1.54) is 0 Å². The molecule has 1 aromatic carbocycles. The van der Waals surface area contributed by atoms with Crippen LogP contribution in [0, 0.1) is 0 Å². The number of carbonyl (C=O) groups excluding carboxylic acids is 1. The molecule has 0 unspecified atom stereocenters. The van der Waals surface area contributed by atoms with Crippen molar-refractivity contribution in [3.05, 3.63) is 47.3 Å². The predicted octanol–water partition coefficient (Wildman–Crippen LogP) is 1.71. The normalized spacial score (nSPS) is 18.3. The number of aromatic nitrogens is 2. The molecule has 1 aromatic heterocycles. The highest BCUT2D eigenvalue weighted by Gasteiger charge is 2.26. The highest BCUT2D eigenvalue weighted by atomic mass is 32.2. The van der Waals surface area contributed by atoms with Crippen molar-refractivity contribution in [3.63, 3.8) is 0 Å². The Bertz CT molecular complexity index is 915. The second-order valence-corrected chi connectivity index (χ2v) is 9.16. The van der Waals surface area contributed by atoms with Gasteiger partial charge in [-0.2, -0.15) is 9.40 Å². The van der Waals surface area contributed by atoms with Gasteiger partial charge < -0.3 is 4.90 Å². The summed E-state index contributed by atoms with van der Waals surface area (Å²) in [6.45, 7) is 2.43. The third kappa shape index (κ3) is 3.77. The summed E-state index contributed by atoms with van der Waals surface area (Å²) in [5, 5.41) is 6.99. The molecule has 7 nitrogen and oxygen atoms in total. The van der Waals surface area contributed by atoms with Crippen LogP contribution in [0.15, 0.2) is 35.4 Å². The maximum atomic E-state index is 12.7. The fourth-order valence-corrected chi connectivity index (χ4v) is 5.27. The summed E-state index contributed by atoms with van der Waals surface area (Å²) >= 11 is 0. The molecule has 1 amide bonds. The Kier molecular flexibility index (Phi) is 5.01. The lowest BCUT2D eigenvalue weighted by atomic mass is 10.1. The van der Waals surface area contributed by atoms with E-state index in [4.69, 9.17) is 0 Å². The summed E-state index contributed by atoms with van der Waals surface area (Å²) in [6.07, 6.45) is 5.75. The lowest BCUT2D eigenvalue weighted by Crippen LogP contribution is -2.36. The molecule has 0 atom stereocenters. The molecule has 0 bridgehead atoms. The monoisotopic (exact) mass is 388 g/mol. The van der Waals surface area contributed by atoms with Crippen molar-refractivity contribution in [1.29, 1.82) is 0 Å². The van der Waals surface area contributed by atoms with Gasteiger partial charge in [-0.1, -0.05) is 18.6 Å². The predicted molar refractivity (Wildman–Crippen MR) is 100 cm³/mol. The average Bonchev–Trinajstić information content (AvgIpc) is 3.17. The van der Waals surface area contributed by atoms with E-state index >= 15 is 0 Å². The first-order valence-electron chi connectivity index (χ1n) is 9.42. The maximum absolute atomic E-state index is 12.7. The van der Waals surface area contributed by atoms with Gasteiger partial charge in [-0.05, 0) is 30.5 Å². The summed E-state index contributed by atoms with van der Waals surface area (Å²) in [6, 6.07) is 6.75. The molecule has 27 heavy (non-hydrogen) atoms. The van der Waals surface area contributed by atoms with Crippen molar-refractivity contribution in [2.24, 2.45) is 0 Å². The van der Waals surface area contributed by atoms with Gasteiger partial charge in [0, 0.05) is 43.9 Å². The van der Waals surface area contributed by atoms with Crippen LogP contribution in [0.3, 0.4) is 0 Å². The molecule has 1 N–H and O–H groups in total. The number of nitrogens with one attached hydrogen (secondary N) is 1. The number of hydrogen-bond donors (Lipinski definition) is 1. The first-order chi connectivity index (χ1) is 13.0. The van der Waals surface area contributed by atoms with Crippen molar-refractivity contribution in [2.75, 3.05) is 19.6 Å². The van der Waals surface area contributed by atoms with Gasteiger partial charge in [-0.25, -0.2) is 8.42 Å². The van der Waals surface area contributed by atoms with E-state index < -0.39 is 10.0 Å². The number of aromatic amines is 1. The van der Waals surface area contributed by atoms with Gasteiger partial charge in [0.15, 0.2) is 0 Å². The number of hydrogen-bond acceptors (Lipinski definition) is 4. The lowest BCUT2D eigenvalue weighted by Gasteiger charge is -2.27. The van der Waals surface area contributed by atoms with E-state index in [2.05, 4.69) is 10.2 Å². The Hall–Kier alpha value is -2.19. The molecular formula is C19H24N4O3S. The minimum atomic E-state index is -3.43. The number of nitrogens with zero attached hydrogens (tertiary/aromatic N) is 3. The maximum Gasteiger partial charge on any atom is 0.243 e. The molecule has 0 saturated carbocycles. The van der Waals surface area contributed by atoms with Crippen LogP contribution < -0.4 is 0 Å². The molecule has 8 heteroatoms. The van der Waals surface area contributed by atoms with Crippen LogP contribution in [-0.4, -0.2) is 53.4 Å². The molecule has 4 rings (SSSR count). The Morgan fingerprint density at radius 1 is 1.07 bits per heavy atom. The van der Waals surface area contributed by atoms with Crippen molar-refractivity contribution in [1.82, 2.24) is 19.4 Å². The van der Waals surface area contributed by atoms with Crippen LogP contribution in [0.5, 0.6) is 0 Å². The van der Waals surface area contributed by atoms with E-state index in [0.29, 0.717) is 31.1 Å². The number of benzene rings is 1. The Balaban J connectivity index is 1.41. The molecule has 0 spiro atoms. The number of fused-ring (bicyclic) bond motifs is 1. The first kappa shape index (κ1) is 18.2. The van der Waals surface area contributed by atoms with Crippen LogP contribution in [0.25, 0.3) is 0 Å². The van der Waals surface area contributed by atoms with Gasteiger partial charge in [0.05, 0.1) is 17.5 Å². The zero-order valence-electron chi connectivity index (χ0n) is 15.2. The summed E-state index contributed by atoms with van der Waals surface area (Å²) in [5.41, 5.74) is 3.00. The minimum absolute atomic E-state index is 0.0495. The topological polar surface area (TPSA) is 86.4 Å². The highest BCUT2D eigenvalue weighted by Crippen LogP contribution is 2.22. The number of rotatable bonds is 4. The lowest BCUT2D eigenvalue weighted by molar-refractivity contribution is -0.131. The summed E-state index contributed by atoms with van der Waals surface area (Å²) in [5.74, 6) is 0.0495. The molecule has 3 heterocycles. The second kappa shape index (κ2) is 7.44. The van der Waals surface area contributed by atoms with Crippen molar-refractivity contribution >= 4 is 15.9 Å². The van der Waals surface area contributed by atoms with E-state index in [1.807, 2.05) is 4.90 Å². The van der Waals surface area contributed by atoms with Gasteiger partial charge in [-0.3, -0.25) is 9.89 Å². The molecule has 1 saturated heterocycles. The fourth-order valence-electron chi connectivity index (χ4n) is 3.75. The average molecular weight is 388 g/mol. The molecule has 144 valence electrons. The van der Waals surface area contributed by atoms with Crippen LogP contribution in [0.4, 0.5) is 0 Å². The molecule has 2 aliphatic heterocycles. The number of carbonyl (C=O) groups is 1. The fraction of sp³-hybridized carbons (Fsp3) is 0.474. The smallest absolute Gasteiger partial charge is 0.243 e. The Morgan fingerprint density at radius 3 is 2.56 bits per heavy atom. The summed E-state index contributed by atoms with van der Waals surface area (Å²) in [7, 11) is -3.43. The molecule has 0 aliphatic carbocycles. The quantitative estimate of drug-likeness (QED) is 0.864. The third-order valence-electron chi connectivity index (χ3n) is 5.38. The molecular weight excluding hydrogens is 364 g/mol. The van der Waals surface area contributed by atoms with Crippen LogP contribution >= 0.6 is 0 Å². The minimum Gasteiger partial charge on any atom is -0.338 e. The Morgan fingerprint density at radius 2 is 1.81 bits per heavy atom. The number of sulfonamides is 1. The molecule has 1 fully saturated rings. The summed E-state index contributed by atoms with van der Waals surface area (Å²) in [4.78, 5) is 14.7. The van der Waals surface area contributed by atoms with E-state index in [9.17, 15) is 13.2 Å².